The van der Waals surface area contributed by atoms with E-state index in [2.05, 4.69) is 4.72 Å². The lowest BCUT2D eigenvalue weighted by molar-refractivity contribution is 0.0939. The molecule has 0 saturated heterocycles. The van der Waals surface area contributed by atoms with Crippen molar-refractivity contribution in [1.29, 1.82) is 0 Å². The minimum Gasteiger partial charge on any atom is -0.755 e. The Labute approximate surface area is 91.1 Å². The topological polar surface area (TPSA) is 69.2 Å². The molecule has 0 aliphatic carbocycles. The lowest BCUT2D eigenvalue weighted by Crippen LogP contribution is -2.07. The molecule has 0 amide bonds. The average molecular weight is 226 g/mol. The summed E-state index contributed by atoms with van der Waals surface area (Å²) in [7, 11) is 0. The molecule has 0 aliphatic rings. The molecule has 82 valence electrons. The summed E-state index contributed by atoms with van der Waals surface area (Å²) < 4.78 is 22.8. The molecule has 0 aromatic heterocycles. The van der Waals surface area contributed by atoms with Gasteiger partial charge in [-0.25, -0.2) is 0 Å². The van der Waals surface area contributed by atoms with Gasteiger partial charge in [-0.15, -0.1) is 0 Å². The number of carbonyl (C=O) groups excluding carboxylic acids is 1. The Morgan fingerprint density at radius 2 is 1.87 bits per heavy atom. The van der Waals surface area contributed by atoms with Crippen molar-refractivity contribution >= 4 is 22.7 Å². The summed E-state index contributed by atoms with van der Waals surface area (Å²) in [5, 5.41) is 0. The van der Waals surface area contributed by atoms with Crippen LogP contribution in [0, 0.1) is 5.92 Å². The van der Waals surface area contributed by atoms with Crippen LogP contribution in [-0.2, 0) is 11.3 Å². The molecule has 0 aliphatic heterocycles. The van der Waals surface area contributed by atoms with Gasteiger partial charge in [-0.1, -0.05) is 13.8 Å². The van der Waals surface area contributed by atoms with Gasteiger partial charge in [-0.05, 0) is 24.3 Å². The first-order valence-corrected chi connectivity index (χ1v) is 5.58. The van der Waals surface area contributed by atoms with Crippen molar-refractivity contribution in [3.63, 3.8) is 0 Å². The van der Waals surface area contributed by atoms with Crippen LogP contribution in [0.3, 0.4) is 0 Å². The molecule has 0 fully saturated rings. The first-order valence-electron chi connectivity index (χ1n) is 4.51. The second-order valence-corrected chi connectivity index (χ2v) is 4.11. The van der Waals surface area contributed by atoms with Gasteiger partial charge >= 0.3 is 0 Å². The van der Waals surface area contributed by atoms with Crippen molar-refractivity contribution in [2.45, 2.75) is 13.8 Å². The predicted octanol–water partition coefficient (Wildman–Crippen LogP) is 1.73. The first kappa shape index (κ1) is 11.9. The van der Waals surface area contributed by atoms with Crippen LogP contribution in [0.25, 0.3) is 0 Å². The van der Waals surface area contributed by atoms with E-state index in [-0.39, 0.29) is 11.7 Å². The number of ketones is 1. The van der Waals surface area contributed by atoms with Gasteiger partial charge in [0.05, 0.1) is 0 Å². The maximum atomic E-state index is 11.5. The third kappa shape index (κ3) is 3.45. The highest BCUT2D eigenvalue weighted by atomic mass is 32.2. The number of benzene rings is 1. The molecular formula is C10H12NO3S-. The summed E-state index contributed by atoms with van der Waals surface area (Å²) in [6, 6.07) is 6.34. The molecule has 1 atom stereocenters. The van der Waals surface area contributed by atoms with Crippen LogP contribution in [-0.4, -0.2) is 14.5 Å². The minimum absolute atomic E-state index is 0.0461. The molecule has 0 heterocycles. The number of anilines is 1. The van der Waals surface area contributed by atoms with Crippen LogP contribution >= 0.6 is 0 Å². The summed E-state index contributed by atoms with van der Waals surface area (Å²) >= 11 is -2.33. The number of nitrogens with one attached hydrogen (secondary N) is 1. The highest BCUT2D eigenvalue weighted by molar-refractivity contribution is 7.80. The van der Waals surface area contributed by atoms with Crippen LogP contribution in [0.15, 0.2) is 24.3 Å². The van der Waals surface area contributed by atoms with Gasteiger partial charge in [0.1, 0.15) is 0 Å². The molecule has 1 N–H and O–H groups in total. The number of Topliss-reactive ketones (excluding diaryl/α,β-unsaturated/α-hetero) is 1. The van der Waals surface area contributed by atoms with Gasteiger partial charge in [0.2, 0.25) is 0 Å². The summed E-state index contributed by atoms with van der Waals surface area (Å²) in [5.41, 5.74) is 1.04. The lowest BCUT2D eigenvalue weighted by Gasteiger charge is -2.09. The Kier molecular flexibility index (Phi) is 3.99. The normalized spacial score (nSPS) is 12.5. The Balaban J connectivity index is 2.81. The van der Waals surface area contributed by atoms with E-state index in [9.17, 15) is 13.6 Å². The van der Waals surface area contributed by atoms with Gasteiger partial charge in [0.25, 0.3) is 0 Å². The van der Waals surface area contributed by atoms with Crippen molar-refractivity contribution in [3.05, 3.63) is 29.8 Å². The molecule has 15 heavy (non-hydrogen) atoms. The second kappa shape index (κ2) is 5.04. The first-order chi connectivity index (χ1) is 7.00. The van der Waals surface area contributed by atoms with Gasteiger partial charge < -0.3 is 9.27 Å². The zero-order valence-electron chi connectivity index (χ0n) is 8.52. The maximum Gasteiger partial charge on any atom is 0.165 e. The Bertz CT molecular complexity index is 373. The van der Waals surface area contributed by atoms with E-state index in [1.807, 2.05) is 13.8 Å². The average Bonchev–Trinajstić information content (AvgIpc) is 2.17. The largest absolute Gasteiger partial charge is 0.755 e. The van der Waals surface area contributed by atoms with Gasteiger partial charge in [0, 0.05) is 28.4 Å². The van der Waals surface area contributed by atoms with E-state index in [1.54, 1.807) is 24.3 Å². The van der Waals surface area contributed by atoms with Crippen molar-refractivity contribution in [2.24, 2.45) is 5.92 Å². The molecule has 1 aromatic carbocycles. The second-order valence-electron chi connectivity index (χ2n) is 3.43. The fourth-order valence-electron chi connectivity index (χ4n) is 1.13. The molecule has 0 radical (unpaired) electrons. The molecule has 4 nitrogen and oxygen atoms in total. The number of hydrogen-bond acceptors (Lipinski definition) is 3. The fraction of sp³-hybridized carbons (Fsp3) is 0.300. The third-order valence-corrected chi connectivity index (χ3v) is 2.30. The van der Waals surface area contributed by atoms with E-state index < -0.39 is 11.3 Å². The van der Waals surface area contributed by atoms with E-state index >= 15 is 0 Å². The fourth-order valence-corrected chi connectivity index (χ4v) is 1.46. The zero-order chi connectivity index (χ0) is 11.4. The van der Waals surface area contributed by atoms with Crippen molar-refractivity contribution in [2.75, 3.05) is 4.72 Å². The third-order valence-electron chi connectivity index (χ3n) is 1.89. The van der Waals surface area contributed by atoms with Gasteiger partial charge in [0.15, 0.2) is 5.78 Å². The van der Waals surface area contributed by atoms with E-state index in [1.165, 1.54) is 0 Å². The maximum absolute atomic E-state index is 11.5. The van der Waals surface area contributed by atoms with E-state index in [0.29, 0.717) is 11.3 Å². The number of rotatable bonds is 4. The molecule has 0 saturated carbocycles. The minimum atomic E-state index is -2.33. The zero-order valence-corrected chi connectivity index (χ0v) is 9.34. The SMILES string of the molecule is CC(C)C(=O)c1ccc(NS(=O)[O-])cc1. The summed E-state index contributed by atoms with van der Waals surface area (Å²) in [6.45, 7) is 3.64. The van der Waals surface area contributed by atoms with Gasteiger partial charge in [-0.2, -0.15) is 0 Å². The van der Waals surface area contributed by atoms with Crippen LogP contribution in [0.4, 0.5) is 5.69 Å². The molecule has 0 spiro atoms. The van der Waals surface area contributed by atoms with Crippen molar-refractivity contribution in [1.82, 2.24) is 0 Å². The molecule has 1 rings (SSSR count). The number of hydrogen-bond donors (Lipinski definition) is 1. The monoisotopic (exact) mass is 226 g/mol. The summed E-state index contributed by atoms with van der Waals surface area (Å²) in [6.07, 6.45) is 0. The van der Waals surface area contributed by atoms with Crippen LogP contribution in [0.5, 0.6) is 0 Å². The van der Waals surface area contributed by atoms with Crippen molar-refractivity contribution < 1.29 is 13.6 Å². The Hall–Kier alpha value is -1.20. The molecular weight excluding hydrogens is 214 g/mol. The van der Waals surface area contributed by atoms with Crippen LogP contribution < -0.4 is 4.72 Å². The highest BCUT2D eigenvalue weighted by Crippen LogP contribution is 2.13. The standard InChI is InChI=1S/C10H13NO3S/c1-7(2)10(12)8-3-5-9(6-4-8)11-15(13)14/h3-7,11H,1-2H3,(H,13,14)/p-1. The highest BCUT2D eigenvalue weighted by Gasteiger charge is 2.09. The molecule has 0 bridgehead atoms. The Morgan fingerprint density at radius 3 is 2.27 bits per heavy atom. The summed E-state index contributed by atoms with van der Waals surface area (Å²) in [5.74, 6) is -0.0118. The van der Waals surface area contributed by atoms with Crippen LogP contribution in [0.1, 0.15) is 24.2 Å². The quantitative estimate of drug-likeness (QED) is 0.628. The van der Waals surface area contributed by atoms with E-state index in [4.69, 9.17) is 0 Å². The molecule has 1 aromatic rings. The number of carbonyl (C=O) groups is 1. The predicted molar refractivity (Wildman–Crippen MR) is 58.2 cm³/mol. The van der Waals surface area contributed by atoms with Crippen LogP contribution in [0.2, 0.25) is 0 Å². The molecule has 1 unspecified atom stereocenters. The summed E-state index contributed by atoms with van der Waals surface area (Å²) in [4.78, 5) is 11.5. The van der Waals surface area contributed by atoms with Gasteiger partial charge in [-0.3, -0.25) is 9.00 Å². The molecule has 5 heteroatoms. The smallest absolute Gasteiger partial charge is 0.165 e. The van der Waals surface area contributed by atoms with E-state index in [0.717, 1.165) is 0 Å². The van der Waals surface area contributed by atoms with Crippen molar-refractivity contribution in [3.8, 4) is 0 Å². The Morgan fingerprint density at radius 1 is 1.33 bits per heavy atom. The lowest BCUT2D eigenvalue weighted by atomic mass is 10.0.